The van der Waals surface area contributed by atoms with Gasteiger partial charge in [-0.2, -0.15) is 0 Å². The number of hydrogen-bond donors (Lipinski definition) is 0. The van der Waals surface area contributed by atoms with E-state index in [1.807, 2.05) is 12.3 Å². The summed E-state index contributed by atoms with van der Waals surface area (Å²) in [5.41, 5.74) is 2.64. The molecule has 106 valence electrons. The van der Waals surface area contributed by atoms with Crippen molar-refractivity contribution >= 4 is 0 Å². The smallest absolute Gasteiger partial charge is 0.0947 e. The Balaban J connectivity index is 1.48. The molecular weight excluding hydrogens is 250 g/mol. The van der Waals surface area contributed by atoms with Gasteiger partial charge in [0.2, 0.25) is 0 Å². The average Bonchev–Trinajstić information content (AvgIpc) is 3.00. The molecule has 0 saturated carbocycles. The molecule has 0 bridgehead atoms. The molecule has 2 heterocycles. The molecule has 3 nitrogen and oxygen atoms in total. The summed E-state index contributed by atoms with van der Waals surface area (Å²) in [6.45, 7) is 3.81. The number of aryl methyl sites for hydroxylation is 1. The number of benzene rings is 1. The van der Waals surface area contributed by atoms with Gasteiger partial charge in [-0.05, 0) is 24.5 Å². The Morgan fingerprint density at radius 3 is 2.80 bits per heavy atom. The molecule has 1 saturated heterocycles. The van der Waals surface area contributed by atoms with Crippen LogP contribution in [0.4, 0.5) is 0 Å². The van der Waals surface area contributed by atoms with Crippen LogP contribution in [-0.2, 0) is 17.7 Å². The Morgan fingerprint density at radius 2 is 2.00 bits per heavy atom. The van der Waals surface area contributed by atoms with E-state index in [1.54, 1.807) is 6.26 Å². The van der Waals surface area contributed by atoms with Crippen LogP contribution in [0.2, 0.25) is 0 Å². The van der Waals surface area contributed by atoms with Crippen molar-refractivity contribution in [2.75, 3.05) is 19.7 Å². The first kappa shape index (κ1) is 13.4. The zero-order valence-electron chi connectivity index (χ0n) is 11.7. The molecule has 1 atom stereocenters. The van der Waals surface area contributed by atoms with Gasteiger partial charge in [0.05, 0.1) is 25.2 Å². The Kier molecular flexibility index (Phi) is 4.51. The van der Waals surface area contributed by atoms with E-state index in [9.17, 15) is 0 Å². The SMILES string of the molecule is c1ccc(CC[C@@H]2CN(Cc3ccoc3)CCO2)cc1. The molecule has 1 aliphatic heterocycles. The lowest BCUT2D eigenvalue weighted by Gasteiger charge is -2.32. The van der Waals surface area contributed by atoms with Crippen LogP contribution in [0.15, 0.2) is 53.3 Å². The van der Waals surface area contributed by atoms with Crippen LogP contribution in [0.25, 0.3) is 0 Å². The molecule has 1 aliphatic rings. The predicted molar refractivity (Wildman–Crippen MR) is 78.5 cm³/mol. The molecule has 0 N–H and O–H groups in total. The third-order valence-corrected chi connectivity index (χ3v) is 3.81. The quantitative estimate of drug-likeness (QED) is 0.835. The molecule has 1 aromatic heterocycles. The molecule has 0 aliphatic carbocycles. The number of morpholine rings is 1. The van der Waals surface area contributed by atoms with Crippen molar-refractivity contribution in [2.45, 2.75) is 25.5 Å². The van der Waals surface area contributed by atoms with Crippen LogP contribution in [-0.4, -0.2) is 30.7 Å². The highest BCUT2D eigenvalue weighted by Crippen LogP contribution is 2.15. The van der Waals surface area contributed by atoms with E-state index >= 15 is 0 Å². The van der Waals surface area contributed by atoms with Crippen molar-refractivity contribution < 1.29 is 9.15 Å². The molecule has 3 heteroatoms. The molecule has 0 radical (unpaired) electrons. The second kappa shape index (κ2) is 6.73. The maximum Gasteiger partial charge on any atom is 0.0947 e. The highest BCUT2D eigenvalue weighted by Gasteiger charge is 2.20. The van der Waals surface area contributed by atoms with Gasteiger partial charge in [-0.15, -0.1) is 0 Å². The molecule has 3 rings (SSSR count). The summed E-state index contributed by atoms with van der Waals surface area (Å²) in [7, 11) is 0. The van der Waals surface area contributed by atoms with Gasteiger partial charge in [0.1, 0.15) is 0 Å². The topological polar surface area (TPSA) is 25.6 Å². The molecule has 2 aromatic rings. The fourth-order valence-electron chi connectivity index (χ4n) is 2.71. The number of nitrogens with zero attached hydrogens (tertiary/aromatic N) is 1. The molecule has 1 fully saturated rings. The highest BCUT2D eigenvalue weighted by molar-refractivity contribution is 5.14. The molecular formula is C17H21NO2. The monoisotopic (exact) mass is 271 g/mol. The summed E-state index contributed by atoms with van der Waals surface area (Å²) in [6, 6.07) is 12.7. The van der Waals surface area contributed by atoms with Crippen molar-refractivity contribution in [1.82, 2.24) is 4.90 Å². The van der Waals surface area contributed by atoms with Crippen molar-refractivity contribution in [3.8, 4) is 0 Å². The summed E-state index contributed by atoms with van der Waals surface area (Å²) < 4.78 is 11.0. The third kappa shape index (κ3) is 3.71. The van der Waals surface area contributed by atoms with Gasteiger partial charge < -0.3 is 9.15 Å². The minimum atomic E-state index is 0.343. The van der Waals surface area contributed by atoms with Gasteiger partial charge in [0.15, 0.2) is 0 Å². The zero-order chi connectivity index (χ0) is 13.6. The number of ether oxygens (including phenoxy) is 1. The van der Waals surface area contributed by atoms with Crippen molar-refractivity contribution in [2.24, 2.45) is 0 Å². The van der Waals surface area contributed by atoms with E-state index < -0.39 is 0 Å². The van der Waals surface area contributed by atoms with E-state index in [0.717, 1.165) is 39.1 Å². The van der Waals surface area contributed by atoms with Crippen molar-refractivity contribution in [1.29, 1.82) is 0 Å². The largest absolute Gasteiger partial charge is 0.472 e. The number of rotatable bonds is 5. The lowest BCUT2D eigenvalue weighted by atomic mass is 10.1. The van der Waals surface area contributed by atoms with E-state index in [2.05, 4.69) is 35.2 Å². The van der Waals surface area contributed by atoms with Crippen molar-refractivity contribution in [3.63, 3.8) is 0 Å². The maximum absolute atomic E-state index is 5.88. The minimum Gasteiger partial charge on any atom is -0.472 e. The van der Waals surface area contributed by atoms with E-state index in [-0.39, 0.29) is 0 Å². The fraction of sp³-hybridized carbons (Fsp3) is 0.412. The first-order valence-electron chi connectivity index (χ1n) is 7.29. The van der Waals surface area contributed by atoms with Gasteiger partial charge in [0, 0.05) is 25.2 Å². The maximum atomic E-state index is 5.88. The first-order chi connectivity index (χ1) is 9.90. The summed E-state index contributed by atoms with van der Waals surface area (Å²) in [5, 5.41) is 0. The second-order valence-corrected chi connectivity index (χ2v) is 5.38. The highest BCUT2D eigenvalue weighted by atomic mass is 16.5. The van der Waals surface area contributed by atoms with Gasteiger partial charge in [-0.1, -0.05) is 30.3 Å². The predicted octanol–water partition coefficient (Wildman–Crippen LogP) is 3.11. The Hall–Kier alpha value is -1.58. The zero-order valence-corrected chi connectivity index (χ0v) is 11.7. The first-order valence-corrected chi connectivity index (χ1v) is 7.29. The average molecular weight is 271 g/mol. The molecule has 20 heavy (non-hydrogen) atoms. The van der Waals surface area contributed by atoms with E-state index in [0.29, 0.717) is 6.10 Å². The normalized spacial score (nSPS) is 20.1. The Labute approximate surface area is 120 Å². The molecule has 0 spiro atoms. The Morgan fingerprint density at radius 1 is 1.10 bits per heavy atom. The van der Waals surface area contributed by atoms with Crippen LogP contribution in [0.3, 0.4) is 0 Å². The summed E-state index contributed by atoms with van der Waals surface area (Å²) in [5.74, 6) is 0. The van der Waals surface area contributed by atoms with Crippen LogP contribution >= 0.6 is 0 Å². The van der Waals surface area contributed by atoms with Gasteiger partial charge >= 0.3 is 0 Å². The minimum absolute atomic E-state index is 0.343. The van der Waals surface area contributed by atoms with E-state index in [4.69, 9.17) is 9.15 Å². The lowest BCUT2D eigenvalue weighted by molar-refractivity contribution is -0.0346. The van der Waals surface area contributed by atoms with Crippen LogP contribution in [0, 0.1) is 0 Å². The number of furan rings is 1. The summed E-state index contributed by atoms with van der Waals surface area (Å²) >= 11 is 0. The van der Waals surface area contributed by atoms with Crippen LogP contribution < -0.4 is 0 Å². The van der Waals surface area contributed by atoms with Gasteiger partial charge in [0.25, 0.3) is 0 Å². The summed E-state index contributed by atoms with van der Waals surface area (Å²) in [4.78, 5) is 2.45. The van der Waals surface area contributed by atoms with Crippen LogP contribution in [0.5, 0.6) is 0 Å². The Bertz CT molecular complexity index is 495. The van der Waals surface area contributed by atoms with E-state index in [1.165, 1.54) is 11.1 Å². The molecule has 0 amide bonds. The fourth-order valence-corrected chi connectivity index (χ4v) is 2.71. The lowest BCUT2D eigenvalue weighted by Crippen LogP contribution is -2.42. The summed E-state index contributed by atoms with van der Waals surface area (Å²) in [6.07, 6.45) is 6.09. The molecule has 0 unspecified atom stereocenters. The standard InChI is InChI=1S/C17H21NO2/c1-2-4-15(5-3-1)6-7-17-13-18(9-11-20-17)12-16-8-10-19-14-16/h1-5,8,10,14,17H,6-7,9,11-13H2/t17-/m1/s1. The number of hydrogen-bond acceptors (Lipinski definition) is 3. The molecule has 1 aromatic carbocycles. The van der Waals surface area contributed by atoms with Crippen LogP contribution in [0.1, 0.15) is 17.5 Å². The second-order valence-electron chi connectivity index (χ2n) is 5.38. The van der Waals surface area contributed by atoms with Gasteiger partial charge in [-0.3, -0.25) is 4.90 Å². The third-order valence-electron chi connectivity index (χ3n) is 3.81. The van der Waals surface area contributed by atoms with Crippen molar-refractivity contribution in [3.05, 3.63) is 60.1 Å². The van der Waals surface area contributed by atoms with Gasteiger partial charge in [-0.25, -0.2) is 0 Å².